The molecule has 1 unspecified atom stereocenters. The number of carboxylic acids is 1. The van der Waals surface area contributed by atoms with Gasteiger partial charge in [-0.15, -0.1) is 0 Å². The molecular formula is C12H12BrClN2O3. The van der Waals surface area contributed by atoms with Crippen molar-refractivity contribution in [1.82, 2.24) is 9.88 Å². The van der Waals surface area contributed by atoms with Crippen LogP contribution in [-0.4, -0.2) is 40.0 Å². The van der Waals surface area contributed by atoms with Crippen LogP contribution < -0.4 is 0 Å². The van der Waals surface area contributed by atoms with E-state index in [1.54, 1.807) is 6.07 Å². The first-order valence-electron chi connectivity index (χ1n) is 5.82. The second-order valence-corrected chi connectivity index (χ2v) is 5.69. The molecule has 1 aromatic rings. The minimum atomic E-state index is -0.865. The predicted molar refractivity (Wildman–Crippen MR) is 73.2 cm³/mol. The van der Waals surface area contributed by atoms with Crippen molar-refractivity contribution in [1.29, 1.82) is 0 Å². The fourth-order valence-electron chi connectivity index (χ4n) is 2.11. The number of aromatic nitrogens is 1. The minimum Gasteiger partial charge on any atom is -0.481 e. The lowest BCUT2D eigenvalue weighted by Gasteiger charge is -2.30. The van der Waals surface area contributed by atoms with Gasteiger partial charge in [-0.2, -0.15) is 0 Å². The van der Waals surface area contributed by atoms with Gasteiger partial charge < -0.3 is 10.0 Å². The number of piperidine rings is 1. The highest BCUT2D eigenvalue weighted by Crippen LogP contribution is 2.23. The number of carbonyl (C=O) groups is 2. The first-order chi connectivity index (χ1) is 8.99. The van der Waals surface area contributed by atoms with Crippen LogP contribution in [-0.2, 0) is 4.79 Å². The lowest BCUT2D eigenvalue weighted by atomic mass is 9.98. The predicted octanol–water partition coefficient (Wildman–Crippen LogP) is 2.43. The number of carboxylic acid groups (broad SMARTS) is 1. The zero-order valence-corrected chi connectivity index (χ0v) is 12.3. The fourth-order valence-corrected chi connectivity index (χ4v) is 2.62. The Kier molecular flexibility index (Phi) is 4.42. The summed E-state index contributed by atoms with van der Waals surface area (Å²) in [6, 6.07) is 1.60. The second-order valence-electron chi connectivity index (χ2n) is 4.42. The Hall–Kier alpha value is -1.14. The summed E-state index contributed by atoms with van der Waals surface area (Å²) in [5.41, 5.74) is 0.294. The lowest BCUT2D eigenvalue weighted by molar-refractivity contribution is -0.143. The average Bonchev–Trinajstić information content (AvgIpc) is 2.41. The van der Waals surface area contributed by atoms with Crippen molar-refractivity contribution in [2.45, 2.75) is 12.8 Å². The van der Waals surface area contributed by atoms with Crippen molar-refractivity contribution in [2.24, 2.45) is 5.92 Å². The first-order valence-corrected chi connectivity index (χ1v) is 6.99. The van der Waals surface area contributed by atoms with Crippen LogP contribution in [0.4, 0.5) is 0 Å². The van der Waals surface area contributed by atoms with Crippen LogP contribution in [0.2, 0.25) is 5.15 Å². The van der Waals surface area contributed by atoms with Gasteiger partial charge >= 0.3 is 5.97 Å². The Bertz CT molecular complexity index is 524. The molecule has 1 aliphatic heterocycles. The molecule has 102 valence electrons. The van der Waals surface area contributed by atoms with Crippen molar-refractivity contribution < 1.29 is 14.7 Å². The van der Waals surface area contributed by atoms with Gasteiger partial charge in [0.05, 0.1) is 11.5 Å². The van der Waals surface area contributed by atoms with Gasteiger partial charge in [0, 0.05) is 23.8 Å². The Balaban J connectivity index is 2.19. The van der Waals surface area contributed by atoms with Gasteiger partial charge in [0.25, 0.3) is 5.91 Å². The molecule has 7 heteroatoms. The van der Waals surface area contributed by atoms with Crippen molar-refractivity contribution in [2.75, 3.05) is 13.1 Å². The van der Waals surface area contributed by atoms with Crippen molar-refractivity contribution in [3.63, 3.8) is 0 Å². The van der Waals surface area contributed by atoms with Crippen LogP contribution >= 0.6 is 27.5 Å². The summed E-state index contributed by atoms with van der Waals surface area (Å²) >= 11 is 9.15. The molecule has 0 radical (unpaired) electrons. The molecule has 0 aromatic carbocycles. The summed E-state index contributed by atoms with van der Waals surface area (Å²) in [6.07, 6.45) is 2.79. The first kappa shape index (κ1) is 14.3. The van der Waals surface area contributed by atoms with Crippen LogP contribution in [0.15, 0.2) is 16.7 Å². The van der Waals surface area contributed by atoms with Crippen LogP contribution in [0.3, 0.4) is 0 Å². The molecule has 2 rings (SSSR count). The van der Waals surface area contributed by atoms with Crippen LogP contribution in [0, 0.1) is 5.92 Å². The molecule has 0 bridgehead atoms. The number of halogens is 2. The van der Waals surface area contributed by atoms with Crippen molar-refractivity contribution >= 4 is 39.4 Å². The molecular weight excluding hydrogens is 336 g/mol. The molecule has 1 fully saturated rings. The number of hydrogen-bond acceptors (Lipinski definition) is 3. The smallest absolute Gasteiger partial charge is 0.308 e. The highest BCUT2D eigenvalue weighted by molar-refractivity contribution is 9.10. The minimum absolute atomic E-state index is 0.130. The Morgan fingerprint density at radius 3 is 2.95 bits per heavy atom. The third-order valence-electron chi connectivity index (χ3n) is 3.09. The summed E-state index contributed by atoms with van der Waals surface area (Å²) in [7, 11) is 0. The van der Waals surface area contributed by atoms with Gasteiger partial charge in [-0.3, -0.25) is 9.59 Å². The molecule has 0 aliphatic carbocycles. The van der Waals surface area contributed by atoms with E-state index in [4.69, 9.17) is 16.7 Å². The summed E-state index contributed by atoms with van der Waals surface area (Å²) < 4.78 is 0.659. The molecule has 0 saturated carbocycles. The van der Waals surface area contributed by atoms with E-state index in [0.29, 0.717) is 29.4 Å². The van der Waals surface area contributed by atoms with Gasteiger partial charge in [0.15, 0.2) is 0 Å². The highest BCUT2D eigenvalue weighted by atomic mass is 79.9. The van der Waals surface area contributed by atoms with Gasteiger partial charge in [0.2, 0.25) is 0 Å². The van der Waals surface area contributed by atoms with Crippen molar-refractivity contribution in [3.05, 3.63) is 27.5 Å². The molecule has 1 N–H and O–H groups in total. The van der Waals surface area contributed by atoms with Gasteiger partial charge in [-0.05, 0) is 34.8 Å². The molecule has 1 saturated heterocycles. The number of rotatable bonds is 2. The maximum Gasteiger partial charge on any atom is 0.308 e. The van der Waals surface area contributed by atoms with E-state index in [9.17, 15) is 9.59 Å². The maximum atomic E-state index is 12.3. The number of aliphatic carboxylic acids is 1. The number of carbonyl (C=O) groups excluding carboxylic acids is 1. The number of hydrogen-bond donors (Lipinski definition) is 1. The highest BCUT2D eigenvalue weighted by Gasteiger charge is 2.29. The zero-order valence-electron chi connectivity index (χ0n) is 9.97. The topological polar surface area (TPSA) is 70.5 Å². The van der Waals surface area contributed by atoms with Crippen molar-refractivity contribution in [3.8, 4) is 0 Å². The largest absolute Gasteiger partial charge is 0.481 e. The third-order valence-corrected chi connectivity index (χ3v) is 3.83. The molecule has 1 atom stereocenters. The third kappa shape index (κ3) is 3.25. The van der Waals surface area contributed by atoms with Gasteiger partial charge in [-0.1, -0.05) is 11.6 Å². The molecule has 1 aliphatic rings. The molecule has 19 heavy (non-hydrogen) atoms. The zero-order chi connectivity index (χ0) is 14.0. The lowest BCUT2D eigenvalue weighted by Crippen LogP contribution is -2.42. The van der Waals surface area contributed by atoms with E-state index < -0.39 is 11.9 Å². The molecule has 5 nitrogen and oxygen atoms in total. The van der Waals surface area contributed by atoms with E-state index >= 15 is 0 Å². The van der Waals surface area contributed by atoms with E-state index in [2.05, 4.69) is 20.9 Å². The van der Waals surface area contributed by atoms with Crippen LogP contribution in [0.5, 0.6) is 0 Å². The summed E-state index contributed by atoms with van der Waals surface area (Å²) in [5.74, 6) is -1.64. The van der Waals surface area contributed by atoms with Crippen LogP contribution in [0.1, 0.15) is 23.2 Å². The van der Waals surface area contributed by atoms with E-state index in [1.807, 2.05) is 0 Å². The molecule has 0 spiro atoms. The summed E-state index contributed by atoms with van der Waals surface area (Å²) in [4.78, 5) is 28.8. The Labute approximate surface area is 123 Å². The number of pyridine rings is 1. The monoisotopic (exact) mass is 346 g/mol. The average molecular weight is 348 g/mol. The van der Waals surface area contributed by atoms with Gasteiger partial charge in [-0.25, -0.2) is 4.98 Å². The maximum absolute atomic E-state index is 12.3. The van der Waals surface area contributed by atoms with E-state index in [0.717, 1.165) is 0 Å². The summed E-state index contributed by atoms with van der Waals surface area (Å²) in [5, 5.41) is 9.15. The SMILES string of the molecule is O=C(O)C1CCCN(C(=O)c2cc(Br)cnc2Cl)C1. The normalized spacial score (nSPS) is 19.3. The Morgan fingerprint density at radius 1 is 1.53 bits per heavy atom. The number of amides is 1. The quantitative estimate of drug-likeness (QED) is 0.834. The standard InChI is InChI=1S/C12H12BrClN2O3/c13-8-4-9(10(14)15-5-8)11(17)16-3-1-2-7(6-16)12(18)19/h4-5,7H,1-3,6H2,(H,18,19). The molecule has 1 aromatic heterocycles. The molecule has 1 amide bonds. The Morgan fingerprint density at radius 2 is 2.26 bits per heavy atom. The fraction of sp³-hybridized carbons (Fsp3) is 0.417. The second kappa shape index (κ2) is 5.88. The molecule has 2 heterocycles. The van der Waals surface area contributed by atoms with Crippen LogP contribution in [0.25, 0.3) is 0 Å². The summed E-state index contributed by atoms with van der Waals surface area (Å²) in [6.45, 7) is 0.766. The number of nitrogens with zero attached hydrogens (tertiary/aromatic N) is 2. The van der Waals surface area contributed by atoms with Gasteiger partial charge in [0.1, 0.15) is 5.15 Å². The number of likely N-dealkylation sites (tertiary alicyclic amines) is 1. The van der Waals surface area contributed by atoms with E-state index in [1.165, 1.54) is 11.1 Å². The van der Waals surface area contributed by atoms with E-state index in [-0.39, 0.29) is 17.6 Å².